The molecular weight excluding hydrogens is 1450 g/mol. The quantitative estimate of drug-likeness (QED) is 0.0524. The molecule has 84 heavy (non-hydrogen) atoms. The van der Waals surface area contributed by atoms with Gasteiger partial charge in [0.1, 0.15) is 12.3 Å². The fourth-order valence-corrected chi connectivity index (χ4v) is 29.4. The summed E-state index contributed by atoms with van der Waals surface area (Å²) >= 11 is 0. The molecule has 0 aliphatic carbocycles. The first-order valence-corrected chi connectivity index (χ1v) is 35.5. The Balaban J connectivity index is 0.000000139. The third-order valence-electron chi connectivity index (χ3n) is 16.3. The van der Waals surface area contributed by atoms with E-state index in [1.54, 1.807) is 0 Å². The normalized spacial score (nSPS) is 12.3. The molecule has 12 aromatic rings. The van der Waals surface area contributed by atoms with Crippen molar-refractivity contribution in [3.05, 3.63) is 352 Å². The molecule has 0 nitrogen and oxygen atoms in total. The largest absolute Gasteiger partial charge is 1.00 e. The Hall–Kier alpha value is -7.47. The second-order valence-electron chi connectivity index (χ2n) is 20.7. The predicted molar refractivity (Wildman–Crippen MR) is 361 cm³/mol. The fourth-order valence-electron chi connectivity index (χ4n) is 12.8. The van der Waals surface area contributed by atoms with Crippen LogP contribution in [0.1, 0.15) is 11.1 Å². The van der Waals surface area contributed by atoms with E-state index in [1.165, 1.54) is 97.3 Å². The summed E-state index contributed by atoms with van der Waals surface area (Å²) in [4.78, 5) is 0. The molecule has 410 valence electrons. The summed E-state index contributed by atoms with van der Waals surface area (Å²) in [6.07, 6.45) is 17.9. The van der Waals surface area contributed by atoms with Gasteiger partial charge in [0.2, 0.25) is 0 Å². The van der Waals surface area contributed by atoms with Gasteiger partial charge in [-0.3, -0.25) is 11.8 Å². The second kappa shape index (κ2) is 27.9. The van der Waals surface area contributed by atoms with Crippen molar-refractivity contribution in [2.24, 2.45) is 0 Å². The van der Waals surface area contributed by atoms with E-state index in [1.807, 2.05) is 12.1 Å². The van der Waals surface area contributed by atoms with E-state index < -0.39 is 32.0 Å². The Morgan fingerprint density at radius 1 is 0.250 bits per heavy atom. The third kappa shape index (κ3) is 11.7. The van der Waals surface area contributed by atoms with E-state index in [0.29, 0.717) is 0 Å². The molecule has 6 heteroatoms. The van der Waals surface area contributed by atoms with Gasteiger partial charge in [-0.1, -0.05) is 265 Å². The molecule has 2 heterocycles. The number of benzene rings is 12. The summed E-state index contributed by atoms with van der Waals surface area (Å²) in [7, 11) is -6.36. The molecule has 2 aliphatic rings. The van der Waals surface area contributed by atoms with Crippen LogP contribution in [0.5, 0.6) is 0 Å². The van der Waals surface area contributed by atoms with Gasteiger partial charge in [-0.15, -0.1) is 35.4 Å². The van der Waals surface area contributed by atoms with Crippen LogP contribution in [0, 0.1) is 24.7 Å². The Labute approximate surface area is 532 Å². The Bertz CT molecular complexity index is 3740. The van der Waals surface area contributed by atoms with Gasteiger partial charge in [-0.2, -0.15) is 0 Å². The molecule has 0 saturated carbocycles. The molecule has 0 unspecified atom stereocenters. The van der Waals surface area contributed by atoms with Crippen LogP contribution in [-0.2, 0) is 44.8 Å². The predicted octanol–water partition coefficient (Wildman–Crippen LogP) is 10.7. The summed E-state index contributed by atoms with van der Waals surface area (Å²) in [6.45, 7) is 0. The van der Waals surface area contributed by atoms with E-state index in [4.69, 9.17) is 12.8 Å². The fraction of sp³-hybridized carbons (Fsp3) is 0.0256. The summed E-state index contributed by atoms with van der Waals surface area (Å²) in [6, 6.07) is 118. The molecule has 0 amide bonds. The van der Waals surface area contributed by atoms with Gasteiger partial charge in [0.25, 0.3) is 0 Å². The summed E-state index contributed by atoms with van der Waals surface area (Å²) in [5.41, 5.74) is 6.91. The molecule has 0 fully saturated rings. The standard InChI is InChI=1S/C26H24P2.2C26H17Si.2Au/c1-5-13-23(14-6-1)27(24-15-7-2-8-16-24)21-22-28(25-17-9-3-10-18-25)26-19-11-4-12-20-26;2*1-2-20-17-18-24-23-15-9-10-16-25(23)27(26(24)19-20,21-11-5-3-6-12-21)22-13-7-4-8-14-22;;/h1-20H,21-22H2;2*3-19H;;/q;2*-1;2*+1/p+2. The Morgan fingerprint density at radius 2 is 0.476 bits per heavy atom. The SMILES string of the molecule is [Au+].[Au+].[C-]#Cc1ccc2c(c1)[Si](c1ccccc1)(c1ccccc1)c1ccccc1-2.[C-]#Cc1ccc2c(c1)[Si](c1ccccc1)(c1ccccc1)c1ccccc1-2.c1ccc([PH+](CC[PH+](c2ccccc2)c2ccccc2)c2ccccc2)cc1. The van der Waals surface area contributed by atoms with Crippen LogP contribution < -0.4 is 62.7 Å². The van der Waals surface area contributed by atoms with E-state index in [0.717, 1.165) is 11.1 Å². The Morgan fingerprint density at radius 3 is 0.738 bits per heavy atom. The molecule has 0 atom stereocenters. The van der Waals surface area contributed by atoms with Gasteiger partial charge < -0.3 is 12.8 Å². The van der Waals surface area contributed by atoms with Crippen LogP contribution in [-0.4, -0.2) is 28.5 Å². The molecule has 12 aromatic carbocycles. The van der Waals surface area contributed by atoms with Crippen LogP contribution in [0.4, 0.5) is 0 Å². The maximum Gasteiger partial charge on any atom is 1.00 e. The van der Waals surface area contributed by atoms with Crippen molar-refractivity contribution in [3.63, 3.8) is 0 Å². The van der Waals surface area contributed by atoms with Gasteiger partial charge in [-0.25, -0.2) is 0 Å². The summed E-state index contributed by atoms with van der Waals surface area (Å²) in [5, 5.41) is 17.2. The van der Waals surface area contributed by atoms with E-state index >= 15 is 0 Å². The summed E-state index contributed by atoms with van der Waals surface area (Å²) in [5.74, 6) is 5.19. The zero-order valence-corrected chi connectivity index (χ0v) is 54.5. The number of fused-ring (bicyclic) bond motifs is 6. The van der Waals surface area contributed by atoms with Crippen molar-refractivity contribution >= 4 is 94.7 Å². The van der Waals surface area contributed by atoms with Crippen molar-refractivity contribution < 1.29 is 44.8 Å². The molecule has 0 bridgehead atoms. The molecule has 0 radical (unpaired) electrons. The van der Waals surface area contributed by atoms with Crippen LogP contribution in [0.3, 0.4) is 0 Å². The molecule has 2 aliphatic heterocycles. The minimum absolute atomic E-state index is 0. The van der Waals surface area contributed by atoms with Crippen molar-refractivity contribution in [2.45, 2.75) is 0 Å². The monoisotopic (exact) mass is 1510 g/mol. The van der Waals surface area contributed by atoms with Crippen molar-refractivity contribution in [1.82, 2.24) is 0 Å². The maximum atomic E-state index is 7.67. The molecule has 0 saturated heterocycles. The first-order chi connectivity index (χ1) is 40.6. The van der Waals surface area contributed by atoms with Crippen molar-refractivity contribution in [3.8, 4) is 34.1 Å². The van der Waals surface area contributed by atoms with Gasteiger partial charge in [0.05, 0.1) is 37.1 Å². The average Bonchev–Trinajstić information content (AvgIpc) is 1.77. The van der Waals surface area contributed by atoms with Crippen LogP contribution in [0.25, 0.3) is 22.3 Å². The Kier molecular flexibility index (Phi) is 19.9. The van der Waals surface area contributed by atoms with Gasteiger partial charge in [0.15, 0.2) is 16.1 Å². The van der Waals surface area contributed by atoms with E-state index in [2.05, 4.69) is 327 Å². The minimum atomic E-state index is -2.40. The second-order valence-corrected chi connectivity index (χ2v) is 33.4. The van der Waals surface area contributed by atoms with Gasteiger partial charge in [-0.05, 0) is 102 Å². The zero-order valence-electron chi connectivity index (χ0n) is 46.2. The summed E-state index contributed by atoms with van der Waals surface area (Å²) < 4.78 is 0. The third-order valence-corrected chi connectivity index (χ3v) is 32.2. The van der Waals surface area contributed by atoms with Crippen LogP contribution in [0.15, 0.2) is 328 Å². The molecule has 0 spiro atoms. The van der Waals surface area contributed by atoms with Crippen LogP contribution in [0.2, 0.25) is 0 Å². The minimum Gasteiger partial charge on any atom is -0.366 e. The maximum absolute atomic E-state index is 7.67. The molecular formula is C78H60Au2P2Si2+2. The topological polar surface area (TPSA) is 0 Å². The first-order valence-electron chi connectivity index (χ1n) is 28.1. The van der Waals surface area contributed by atoms with Crippen molar-refractivity contribution in [1.29, 1.82) is 0 Å². The average molecular weight is 1510 g/mol. The van der Waals surface area contributed by atoms with Crippen LogP contribution >= 0.6 is 15.8 Å². The number of rotatable bonds is 11. The van der Waals surface area contributed by atoms with E-state index in [9.17, 15) is 0 Å². The molecule has 0 N–H and O–H groups in total. The number of hydrogen-bond donors (Lipinski definition) is 0. The van der Waals surface area contributed by atoms with Crippen molar-refractivity contribution in [2.75, 3.05) is 12.3 Å². The number of hydrogen-bond acceptors (Lipinski definition) is 0. The van der Waals surface area contributed by atoms with Gasteiger partial charge in [0, 0.05) is 0 Å². The van der Waals surface area contributed by atoms with E-state index in [-0.39, 0.29) is 44.8 Å². The smallest absolute Gasteiger partial charge is 0.366 e. The molecule has 14 rings (SSSR count). The zero-order chi connectivity index (χ0) is 55.6. The van der Waals surface area contributed by atoms with Gasteiger partial charge >= 0.3 is 44.8 Å². The molecule has 0 aromatic heterocycles. The first kappa shape index (κ1) is 59.7.